The molecule has 10 nitrogen and oxygen atoms in total. The molecule has 11 heteroatoms. The molecule has 1 unspecified atom stereocenters. The van der Waals surface area contributed by atoms with Crippen LogP contribution in [0.3, 0.4) is 0 Å². The van der Waals surface area contributed by atoms with Gasteiger partial charge in [0.2, 0.25) is 0 Å². The first-order valence-electron chi connectivity index (χ1n) is 10.3. The van der Waals surface area contributed by atoms with E-state index in [4.69, 9.17) is 9.26 Å². The van der Waals surface area contributed by atoms with Gasteiger partial charge >= 0.3 is 6.09 Å². The Bertz CT molecular complexity index is 1230. The molecule has 2 aliphatic rings. The Balaban J connectivity index is 1.37. The molecule has 0 spiro atoms. The topological polar surface area (TPSA) is 120 Å². The van der Waals surface area contributed by atoms with Gasteiger partial charge in [-0.05, 0) is 31.4 Å². The average Bonchev–Trinajstić information content (AvgIpc) is 3.50. The van der Waals surface area contributed by atoms with Crippen LogP contribution in [0, 0.1) is 0 Å². The van der Waals surface area contributed by atoms with Crippen LogP contribution in [-0.2, 0) is 14.6 Å². The summed E-state index contributed by atoms with van der Waals surface area (Å²) in [5.41, 5.74) is 1.62. The summed E-state index contributed by atoms with van der Waals surface area (Å²) < 4.78 is 35.9. The van der Waals surface area contributed by atoms with Crippen molar-refractivity contribution in [1.82, 2.24) is 24.8 Å². The van der Waals surface area contributed by atoms with Crippen molar-refractivity contribution >= 4 is 26.8 Å². The summed E-state index contributed by atoms with van der Waals surface area (Å²) in [6, 6.07) is 5.59. The van der Waals surface area contributed by atoms with Crippen LogP contribution in [0.15, 0.2) is 28.9 Å². The van der Waals surface area contributed by atoms with E-state index in [-0.39, 0.29) is 29.6 Å². The minimum atomic E-state index is -3.01. The molecular weight excluding hydrogens is 422 g/mol. The van der Waals surface area contributed by atoms with Gasteiger partial charge in [-0.2, -0.15) is 10.1 Å². The van der Waals surface area contributed by atoms with Gasteiger partial charge in [-0.1, -0.05) is 11.2 Å². The Morgan fingerprint density at radius 2 is 2.03 bits per heavy atom. The Kier molecular flexibility index (Phi) is 4.92. The number of fused-ring (bicyclic) bond motifs is 1. The summed E-state index contributed by atoms with van der Waals surface area (Å²) in [5.74, 6) is 1.48. The SMILES string of the molecule is COC(=O)N1CCC(c2noc(-c3ccc4cnn(C5CCS(=O)(=O)C5)c4c3)n2)CC1. The number of amides is 1. The lowest BCUT2D eigenvalue weighted by Gasteiger charge is -2.29. The number of hydrogen-bond donors (Lipinski definition) is 0. The molecule has 4 heterocycles. The molecule has 2 fully saturated rings. The standard InChI is InChI=1S/C20H23N5O5S/c1-29-20(26)24-7-4-13(5-8-24)18-22-19(30-23-18)14-2-3-15-11-21-25(17(15)10-14)16-6-9-31(27,28)12-16/h2-3,10-11,13,16H,4-9,12H2,1H3. The smallest absolute Gasteiger partial charge is 0.409 e. The molecule has 2 saturated heterocycles. The summed E-state index contributed by atoms with van der Waals surface area (Å²) in [6.45, 7) is 1.19. The first-order chi connectivity index (χ1) is 14.9. The quantitative estimate of drug-likeness (QED) is 0.603. The largest absolute Gasteiger partial charge is 0.453 e. The van der Waals surface area contributed by atoms with Crippen molar-refractivity contribution in [2.75, 3.05) is 31.7 Å². The van der Waals surface area contributed by atoms with Gasteiger partial charge in [0.05, 0.1) is 36.4 Å². The molecular formula is C20H23N5O5S. The second-order valence-corrected chi connectivity index (χ2v) is 10.3. The fraction of sp³-hybridized carbons (Fsp3) is 0.500. The van der Waals surface area contributed by atoms with Gasteiger partial charge in [0.15, 0.2) is 15.7 Å². The number of sulfone groups is 1. The van der Waals surface area contributed by atoms with Crippen molar-refractivity contribution in [3.8, 4) is 11.5 Å². The summed E-state index contributed by atoms with van der Waals surface area (Å²) in [4.78, 5) is 17.9. The lowest BCUT2D eigenvalue weighted by atomic mass is 9.96. The highest BCUT2D eigenvalue weighted by molar-refractivity contribution is 7.91. The van der Waals surface area contributed by atoms with Crippen LogP contribution < -0.4 is 0 Å². The lowest BCUT2D eigenvalue weighted by Crippen LogP contribution is -2.37. The first-order valence-corrected chi connectivity index (χ1v) is 12.1. The number of carbonyl (C=O) groups is 1. The second kappa shape index (κ2) is 7.63. The molecule has 5 rings (SSSR count). The van der Waals surface area contributed by atoms with E-state index in [1.165, 1.54) is 7.11 Å². The molecule has 0 N–H and O–H groups in total. The molecule has 2 aromatic heterocycles. The third-order valence-electron chi connectivity index (χ3n) is 6.13. The maximum atomic E-state index is 11.9. The number of piperidine rings is 1. The van der Waals surface area contributed by atoms with Crippen molar-refractivity contribution in [2.45, 2.75) is 31.2 Å². The highest BCUT2D eigenvalue weighted by Crippen LogP contribution is 2.31. The van der Waals surface area contributed by atoms with E-state index in [9.17, 15) is 13.2 Å². The summed E-state index contributed by atoms with van der Waals surface area (Å²) in [7, 11) is -1.62. The highest BCUT2D eigenvalue weighted by Gasteiger charge is 2.31. The Labute approximate surface area is 179 Å². The number of likely N-dealkylation sites (tertiary alicyclic amines) is 1. The number of nitrogens with zero attached hydrogens (tertiary/aromatic N) is 5. The van der Waals surface area contributed by atoms with Crippen LogP contribution in [0.2, 0.25) is 0 Å². The molecule has 0 bridgehead atoms. The molecule has 0 saturated carbocycles. The van der Waals surface area contributed by atoms with E-state index in [1.807, 2.05) is 18.2 Å². The number of rotatable bonds is 3. The minimum Gasteiger partial charge on any atom is -0.453 e. The van der Waals surface area contributed by atoms with Crippen LogP contribution in [0.4, 0.5) is 4.79 Å². The average molecular weight is 446 g/mol. The Morgan fingerprint density at radius 3 is 2.74 bits per heavy atom. The van der Waals surface area contributed by atoms with Crippen molar-refractivity contribution in [3.63, 3.8) is 0 Å². The first kappa shape index (κ1) is 20.0. The number of methoxy groups -OCH3 is 1. The zero-order chi connectivity index (χ0) is 21.6. The van der Waals surface area contributed by atoms with E-state index in [0.29, 0.717) is 31.2 Å². The summed E-state index contributed by atoms with van der Waals surface area (Å²) in [6.07, 6.45) is 3.50. The van der Waals surface area contributed by atoms with Gasteiger partial charge in [-0.3, -0.25) is 4.68 Å². The summed E-state index contributed by atoms with van der Waals surface area (Å²) in [5, 5.41) is 9.53. The van der Waals surface area contributed by atoms with E-state index in [0.717, 1.165) is 29.3 Å². The van der Waals surface area contributed by atoms with Crippen molar-refractivity contribution in [3.05, 3.63) is 30.2 Å². The van der Waals surface area contributed by atoms with Gasteiger partial charge in [0.25, 0.3) is 5.89 Å². The molecule has 0 radical (unpaired) electrons. The Morgan fingerprint density at radius 1 is 1.23 bits per heavy atom. The lowest BCUT2D eigenvalue weighted by molar-refractivity contribution is 0.111. The second-order valence-electron chi connectivity index (χ2n) is 8.11. The maximum Gasteiger partial charge on any atom is 0.409 e. The molecule has 0 aliphatic carbocycles. The molecule has 164 valence electrons. The van der Waals surface area contributed by atoms with Gasteiger partial charge in [0, 0.05) is 30.0 Å². The maximum absolute atomic E-state index is 11.9. The van der Waals surface area contributed by atoms with E-state index < -0.39 is 9.84 Å². The number of hydrogen-bond acceptors (Lipinski definition) is 8. The van der Waals surface area contributed by atoms with E-state index in [1.54, 1.807) is 15.8 Å². The third-order valence-corrected chi connectivity index (χ3v) is 7.88. The van der Waals surface area contributed by atoms with E-state index in [2.05, 4.69) is 15.2 Å². The molecule has 1 amide bonds. The molecule has 3 aromatic rings. The highest BCUT2D eigenvalue weighted by atomic mass is 32.2. The summed E-state index contributed by atoms with van der Waals surface area (Å²) >= 11 is 0. The fourth-order valence-corrected chi connectivity index (χ4v) is 6.09. The normalized spacial score (nSPS) is 21.6. The predicted octanol–water partition coefficient (Wildman–Crippen LogP) is 2.39. The Hall–Kier alpha value is -2.95. The number of aromatic nitrogens is 4. The number of carbonyl (C=O) groups excluding carboxylic acids is 1. The van der Waals surface area contributed by atoms with Gasteiger partial charge in [0.1, 0.15) is 0 Å². The number of ether oxygens (including phenoxy) is 1. The molecule has 1 atom stereocenters. The predicted molar refractivity (Wildman–Crippen MR) is 111 cm³/mol. The van der Waals surface area contributed by atoms with Crippen molar-refractivity contribution < 1.29 is 22.5 Å². The van der Waals surface area contributed by atoms with Crippen LogP contribution in [0.25, 0.3) is 22.4 Å². The van der Waals surface area contributed by atoms with Crippen LogP contribution in [0.1, 0.15) is 37.0 Å². The molecule has 31 heavy (non-hydrogen) atoms. The zero-order valence-corrected chi connectivity index (χ0v) is 17.9. The van der Waals surface area contributed by atoms with Crippen LogP contribution >= 0.6 is 0 Å². The molecule has 2 aliphatic heterocycles. The molecule has 1 aromatic carbocycles. The zero-order valence-electron chi connectivity index (χ0n) is 17.1. The fourth-order valence-electron chi connectivity index (χ4n) is 4.40. The van der Waals surface area contributed by atoms with Gasteiger partial charge in [-0.25, -0.2) is 13.2 Å². The van der Waals surface area contributed by atoms with Crippen LogP contribution in [-0.4, -0.2) is 71.0 Å². The monoisotopic (exact) mass is 445 g/mol. The number of benzene rings is 1. The van der Waals surface area contributed by atoms with E-state index >= 15 is 0 Å². The minimum absolute atomic E-state index is 0.114. The van der Waals surface area contributed by atoms with Crippen molar-refractivity contribution in [1.29, 1.82) is 0 Å². The van der Waals surface area contributed by atoms with Gasteiger partial charge in [-0.15, -0.1) is 0 Å². The van der Waals surface area contributed by atoms with Gasteiger partial charge < -0.3 is 14.2 Å². The van der Waals surface area contributed by atoms with Crippen molar-refractivity contribution in [2.24, 2.45) is 0 Å². The third kappa shape index (κ3) is 3.78. The van der Waals surface area contributed by atoms with Crippen LogP contribution in [0.5, 0.6) is 0 Å².